The molecule has 1 aromatic carbocycles. The fourth-order valence-electron chi connectivity index (χ4n) is 2.51. The van der Waals surface area contributed by atoms with Crippen LogP contribution in [-0.4, -0.2) is 41.1 Å². The van der Waals surface area contributed by atoms with Gasteiger partial charge in [-0.2, -0.15) is 0 Å². The molecule has 7 heteroatoms. The van der Waals surface area contributed by atoms with Crippen molar-refractivity contribution >= 4 is 15.9 Å². The standard InChI is InChI=1S/C14H20N2O4S/c1-20-11-14(7-9-15-10-8-14)13(17)16-21(18,19)12-5-3-2-4-6-12/h2-6,15H,7-11H2,1H3,(H,16,17). The third-order valence-electron chi connectivity index (χ3n) is 3.74. The van der Waals surface area contributed by atoms with E-state index in [4.69, 9.17) is 4.74 Å². The van der Waals surface area contributed by atoms with E-state index in [-0.39, 0.29) is 11.5 Å². The molecule has 0 saturated carbocycles. The molecule has 1 fully saturated rings. The zero-order valence-corrected chi connectivity index (χ0v) is 12.8. The average molecular weight is 312 g/mol. The van der Waals surface area contributed by atoms with Crippen molar-refractivity contribution in [3.05, 3.63) is 30.3 Å². The van der Waals surface area contributed by atoms with E-state index in [1.165, 1.54) is 19.2 Å². The Morgan fingerprint density at radius 1 is 1.29 bits per heavy atom. The first-order valence-electron chi connectivity index (χ1n) is 6.82. The van der Waals surface area contributed by atoms with Crippen LogP contribution in [0.1, 0.15) is 12.8 Å². The number of hydrogen-bond donors (Lipinski definition) is 2. The Morgan fingerprint density at radius 2 is 1.90 bits per heavy atom. The molecule has 6 nitrogen and oxygen atoms in total. The number of nitrogens with one attached hydrogen (secondary N) is 2. The molecule has 21 heavy (non-hydrogen) atoms. The normalized spacial score (nSPS) is 18.1. The minimum atomic E-state index is -3.84. The summed E-state index contributed by atoms with van der Waals surface area (Å²) in [4.78, 5) is 12.6. The zero-order chi connectivity index (χ0) is 15.3. The minimum absolute atomic E-state index is 0.0832. The second-order valence-corrected chi connectivity index (χ2v) is 6.89. The summed E-state index contributed by atoms with van der Waals surface area (Å²) in [5.74, 6) is -0.491. The highest BCUT2D eigenvalue weighted by Crippen LogP contribution is 2.30. The van der Waals surface area contributed by atoms with Crippen LogP contribution < -0.4 is 10.0 Å². The van der Waals surface area contributed by atoms with Crippen LogP contribution in [0.2, 0.25) is 0 Å². The second kappa shape index (κ2) is 6.55. The number of benzene rings is 1. The van der Waals surface area contributed by atoms with Crippen molar-refractivity contribution in [2.45, 2.75) is 17.7 Å². The van der Waals surface area contributed by atoms with Gasteiger partial charge in [0.05, 0.1) is 16.9 Å². The number of ether oxygens (including phenoxy) is 1. The monoisotopic (exact) mass is 312 g/mol. The number of sulfonamides is 1. The van der Waals surface area contributed by atoms with Crippen LogP contribution in [-0.2, 0) is 19.6 Å². The van der Waals surface area contributed by atoms with Gasteiger partial charge in [0.1, 0.15) is 0 Å². The largest absolute Gasteiger partial charge is 0.384 e. The van der Waals surface area contributed by atoms with Gasteiger partial charge >= 0.3 is 0 Å². The van der Waals surface area contributed by atoms with Gasteiger partial charge in [0.25, 0.3) is 10.0 Å². The van der Waals surface area contributed by atoms with E-state index in [9.17, 15) is 13.2 Å². The molecule has 0 aliphatic carbocycles. The summed E-state index contributed by atoms with van der Waals surface area (Å²) in [6.45, 7) is 1.55. The minimum Gasteiger partial charge on any atom is -0.384 e. The Labute approximate surface area is 124 Å². The molecule has 1 heterocycles. The molecule has 0 bridgehead atoms. The first-order valence-corrected chi connectivity index (χ1v) is 8.30. The number of methoxy groups -OCH3 is 1. The fourth-order valence-corrected chi connectivity index (χ4v) is 3.60. The lowest BCUT2D eigenvalue weighted by Crippen LogP contribution is -2.51. The number of amides is 1. The van der Waals surface area contributed by atoms with Crippen molar-refractivity contribution in [2.75, 3.05) is 26.8 Å². The summed E-state index contributed by atoms with van der Waals surface area (Å²) in [6, 6.07) is 7.88. The summed E-state index contributed by atoms with van der Waals surface area (Å²) < 4.78 is 31.8. The summed E-state index contributed by atoms with van der Waals surface area (Å²) in [5.41, 5.74) is -0.790. The first kappa shape index (κ1) is 15.9. The van der Waals surface area contributed by atoms with E-state index in [1.807, 2.05) is 0 Å². The molecular formula is C14H20N2O4S. The lowest BCUT2D eigenvalue weighted by atomic mass is 9.79. The summed E-state index contributed by atoms with van der Waals surface area (Å²) in [7, 11) is -2.32. The third kappa shape index (κ3) is 3.61. The fraction of sp³-hybridized carbons (Fsp3) is 0.500. The van der Waals surface area contributed by atoms with E-state index >= 15 is 0 Å². The Hall–Kier alpha value is -1.44. The Bertz CT molecular complexity index is 575. The lowest BCUT2D eigenvalue weighted by Gasteiger charge is -2.35. The Balaban J connectivity index is 2.19. The van der Waals surface area contributed by atoms with Gasteiger partial charge in [-0.3, -0.25) is 4.79 Å². The van der Waals surface area contributed by atoms with Crippen molar-refractivity contribution in [2.24, 2.45) is 5.41 Å². The number of carbonyl (C=O) groups is 1. The highest BCUT2D eigenvalue weighted by Gasteiger charge is 2.41. The Kier molecular flexibility index (Phi) is 4.97. The highest BCUT2D eigenvalue weighted by atomic mass is 32.2. The average Bonchev–Trinajstić information content (AvgIpc) is 2.49. The molecular weight excluding hydrogens is 292 g/mol. The Morgan fingerprint density at radius 3 is 2.48 bits per heavy atom. The van der Waals surface area contributed by atoms with E-state index in [1.54, 1.807) is 18.2 Å². The molecule has 2 N–H and O–H groups in total. The molecule has 0 spiro atoms. The number of hydrogen-bond acceptors (Lipinski definition) is 5. The van der Waals surface area contributed by atoms with Crippen LogP contribution in [0.5, 0.6) is 0 Å². The van der Waals surface area contributed by atoms with Crippen molar-refractivity contribution in [1.29, 1.82) is 0 Å². The third-order valence-corrected chi connectivity index (χ3v) is 5.09. The lowest BCUT2D eigenvalue weighted by molar-refractivity contribution is -0.134. The van der Waals surface area contributed by atoms with Gasteiger partial charge in [0.2, 0.25) is 5.91 Å². The quantitative estimate of drug-likeness (QED) is 0.827. The van der Waals surface area contributed by atoms with E-state index < -0.39 is 21.3 Å². The molecule has 0 radical (unpaired) electrons. The first-order chi connectivity index (χ1) is 10.0. The van der Waals surface area contributed by atoms with E-state index in [2.05, 4.69) is 10.0 Å². The molecule has 1 aliphatic rings. The highest BCUT2D eigenvalue weighted by molar-refractivity contribution is 7.90. The summed E-state index contributed by atoms with van der Waals surface area (Å²) in [6.07, 6.45) is 1.11. The molecule has 0 unspecified atom stereocenters. The van der Waals surface area contributed by atoms with Gasteiger partial charge in [0.15, 0.2) is 0 Å². The molecule has 1 saturated heterocycles. The predicted octanol–water partition coefficient (Wildman–Crippen LogP) is 0.508. The number of carbonyl (C=O) groups excluding carboxylic acids is 1. The molecule has 1 amide bonds. The smallest absolute Gasteiger partial charge is 0.264 e. The summed E-state index contributed by atoms with van der Waals surface area (Å²) >= 11 is 0. The van der Waals surface area contributed by atoms with Crippen LogP contribution in [0.3, 0.4) is 0 Å². The predicted molar refractivity (Wildman–Crippen MR) is 78.2 cm³/mol. The van der Waals surface area contributed by atoms with Gasteiger partial charge in [-0.15, -0.1) is 0 Å². The van der Waals surface area contributed by atoms with Crippen molar-refractivity contribution < 1.29 is 17.9 Å². The molecule has 1 aromatic rings. The molecule has 1 aliphatic heterocycles. The molecule has 0 aromatic heterocycles. The van der Waals surface area contributed by atoms with E-state index in [0.29, 0.717) is 25.9 Å². The van der Waals surface area contributed by atoms with Crippen molar-refractivity contribution in [3.8, 4) is 0 Å². The number of piperidine rings is 1. The van der Waals surface area contributed by atoms with Crippen LogP contribution in [0.15, 0.2) is 35.2 Å². The van der Waals surface area contributed by atoms with Gasteiger partial charge in [-0.25, -0.2) is 13.1 Å². The maximum atomic E-state index is 12.5. The topological polar surface area (TPSA) is 84.5 Å². The summed E-state index contributed by atoms with van der Waals surface area (Å²) in [5, 5.41) is 3.16. The van der Waals surface area contributed by atoms with Crippen LogP contribution in [0.25, 0.3) is 0 Å². The van der Waals surface area contributed by atoms with Crippen LogP contribution in [0, 0.1) is 5.41 Å². The molecule has 116 valence electrons. The number of rotatable bonds is 5. The van der Waals surface area contributed by atoms with E-state index in [0.717, 1.165) is 0 Å². The van der Waals surface area contributed by atoms with Gasteiger partial charge in [0, 0.05) is 7.11 Å². The van der Waals surface area contributed by atoms with Gasteiger partial charge in [-0.05, 0) is 38.1 Å². The SMILES string of the molecule is COCC1(C(=O)NS(=O)(=O)c2ccccc2)CCNCC1. The van der Waals surface area contributed by atoms with Gasteiger partial charge < -0.3 is 10.1 Å². The maximum Gasteiger partial charge on any atom is 0.264 e. The molecule has 2 rings (SSSR count). The second-order valence-electron chi connectivity index (χ2n) is 5.21. The van der Waals surface area contributed by atoms with Crippen LogP contribution >= 0.6 is 0 Å². The maximum absolute atomic E-state index is 12.5. The van der Waals surface area contributed by atoms with Gasteiger partial charge in [-0.1, -0.05) is 18.2 Å². The van der Waals surface area contributed by atoms with Crippen molar-refractivity contribution in [3.63, 3.8) is 0 Å². The molecule has 0 atom stereocenters. The van der Waals surface area contributed by atoms with Crippen LogP contribution in [0.4, 0.5) is 0 Å². The van der Waals surface area contributed by atoms with Crippen molar-refractivity contribution in [1.82, 2.24) is 10.0 Å². The zero-order valence-electron chi connectivity index (χ0n) is 12.0.